The lowest BCUT2D eigenvalue weighted by atomic mass is 10.2. The fourth-order valence-corrected chi connectivity index (χ4v) is 2.33. The van der Waals surface area contributed by atoms with E-state index in [4.69, 9.17) is 12.2 Å². The van der Waals surface area contributed by atoms with Gasteiger partial charge in [0.2, 0.25) is 0 Å². The molecule has 76 valence electrons. The van der Waals surface area contributed by atoms with Crippen LogP contribution in [0.1, 0.15) is 40.0 Å². The van der Waals surface area contributed by atoms with E-state index in [-0.39, 0.29) is 0 Å². The molecule has 0 aromatic carbocycles. The van der Waals surface area contributed by atoms with Crippen molar-refractivity contribution in [2.75, 3.05) is 6.54 Å². The fraction of sp³-hybridized carbons (Fsp3) is 0.900. The van der Waals surface area contributed by atoms with Crippen LogP contribution in [-0.2, 0) is 0 Å². The molecule has 1 heterocycles. The van der Waals surface area contributed by atoms with Crippen LogP contribution in [-0.4, -0.2) is 28.6 Å². The number of rotatable bonds is 2. The Balaban J connectivity index is 2.45. The van der Waals surface area contributed by atoms with Crippen LogP contribution in [0.15, 0.2) is 0 Å². The number of nitrogens with one attached hydrogen (secondary N) is 1. The zero-order chi connectivity index (χ0) is 9.84. The lowest BCUT2D eigenvalue weighted by Gasteiger charge is -2.27. The van der Waals surface area contributed by atoms with Gasteiger partial charge < -0.3 is 10.2 Å². The second-order valence-corrected chi connectivity index (χ2v) is 4.39. The van der Waals surface area contributed by atoms with E-state index in [9.17, 15) is 0 Å². The first-order valence-electron chi connectivity index (χ1n) is 5.22. The lowest BCUT2D eigenvalue weighted by molar-refractivity contribution is 0.370. The predicted octanol–water partition coefficient (Wildman–Crippen LogP) is 2.14. The molecule has 1 atom stereocenters. The molecule has 1 unspecified atom stereocenters. The SMILES string of the molecule is CCC1CCCN1C(=S)NC(C)C. The zero-order valence-corrected chi connectivity index (χ0v) is 9.66. The zero-order valence-electron chi connectivity index (χ0n) is 8.84. The number of hydrogen-bond donors (Lipinski definition) is 1. The van der Waals surface area contributed by atoms with Crippen LogP contribution in [0.2, 0.25) is 0 Å². The van der Waals surface area contributed by atoms with Gasteiger partial charge in [0.1, 0.15) is 0 Å². The normalized spacial score (nSPS) is 22.5. The Labute approximate surface area is 86.7 Å². The molecule has 1 saturated heterocycles. The third kappa shape index (κ3) is 2.83. The van der Waals surface area contributed by atoms with E-state index in [0.29, 0.717) is 12.1 Å². The molecule has 0 aliphatic carbocycles. The molecule has 2 nitrogen and oxygen atoms in total. The van der Waals surface area contributed by atoms with Crippen LogP contribution in [0, 0.1) is 0 Å². The van der Waals surface area contributed by atoms with Crippen LogP contribution in [0.25, 0.3) is 0 Å². The summed E-state index contributed by atoms with van der Waals surface area (Å²) in [7, 11) is 0. The first-order valence-corrected chi connectivity index (χ1v) is 5.63. The summed E-state index contributed by atoms with van der Waals surface area (Å²) in [4.78, 5) is 2.34. The van der Waals surface area contributed by atoms with Gasteiger partial charge >= 0.3 is 0 Å². The molecule has 0 bridgehead atoms. The molecule has 0 spiro atoms. The highest BCUT2D eigenvalue weighted by molar-refractivity contribution is 7.80. The second kappa shape index (κ2) is 4.80. The van der Waals surface area contributed by atoms with Gasteiger partial charge in [-0.3, -0.25) is 0 Å². The Morgan fingerprint density at radius 1 is 1.62 bits per heavy atom. The molecule has 1 rings (SSSR count). The van der Waals surface area contributed by atoms with E-state index in [1.807, 2.05) is 0 Å². The molecule has 0 aromatic rings. The van der Waals surface area contributed by atoms with E-state index in [1.165, 1.54) is 19.3 Å². The van der Waals surface area contributed by atoms with Gasteiger partial charge in [0.25, 0.3) is 0 Å². The molecule has 0 amide bonds. The van der Waals surface area contributed by atoms with Crippen molar-refractivity contribution in [3.63, 3.8) is 0 Å². The van der Waals surface area contributed by atoms with Crippen molar-refractivity contribution >= 4 is 17.3 Å². The third-order valence-corrected chi connectivity index (χ3v) is 2.87. The minimum absolute atomic E-state index is 0.450. The summed E-state index contributed by atoms with van der Waals surface area (Å²) in [5.74, 6) is 0. The first kappa shape index (κ1) is 10.8. The highest BCUT2D eigenvalue weighted by Gasteiger charge is 2.24. The monoisotopic (exact) mass is 200 g/mol. The molecule has 0 radical (unpaired) electrons. The van der Waals surface area contributed by atoms with Gasteiger partial charge in [0.05, 0.1) is 0 Å². The average molecular weight is 200 g/mol. The summed E-state index contributed by atoms with van der Waals surface area (Å²) < 4.78 is 0. The van der Waals surface area contributed by atoms with Crippen LogP contribution in [0.5, 0.6) is 0 Å². The summed E-state index contributed by atoms with van der Waals surface area (Å²) in [6.45, 7) is 7.63. The molecule has 13 heavy (non-hydrogen) atoms. The highest BCUT2D eigenvalue weighted by Crippen LogP contribution is 2.19. The maximum Gasteiger partial charge on any atom is 0.169 e. The maximum absolute atomic E-state index is 5.35. The molecule has 1 aliphatic heterocycles. The third-order valence-electron chi connectivity index (χ3n) is 2.52. The van der Waals surface area contributed by atoms with Crippen molar-refractivity contribution in [2.45, 2.75) is 52.1 Å². The molecule has 0 aromatic heterocycles. The van der Waals surface area contributed by atoms with Gasteiger partial charge in [-0.05, 0) is 45.3 Å². The maximum atomic E-state index is 5.35. The minimum atomic E-state index is 0.450. The Kier molecular flexibility index (Phi) is 3.97. The number of thiocarbonyl (C=S) groups is 1. The number of hydrogen-bond acceptors (Lipinski definition) is 1. The van der Waals surface area contributed by atoms with Crippen molar-refractivity contribution in [2.24, 2.45) is 0 Å². The highest BCUT2D eigenvalue weighted by atomic mass is 32.1. The summed E-state index contributed by atoms with van der Waals surface area (Å²) in [5, 5.41) is 4.25. The standard InChI is InChI=1S/C10H20N2S/c1-4-9-6-5-7-12(9)10(13)11-8(2)3/h8-9H,4-7H2,1-3H3,(H,11,13). The van der Waals surface area contributed by atoms with E-state index >= 15 is 0 Å². The van der Waals surface area contributed by atoms with Gasteiger partial charge in [-0.2, -0.15) is 0 Å². The van der Waals surface area contributed by atoms with Crippen LogP contribution < -0.4 is 5.32 Å². The summed E-state index contributed by atoms with van der Waals surface area (Å²) >= 11 is 5.35. The molecular formula is C10H20N2S. The van der Waals surface area contributed by atoms with Crippen molar-refractivity contribution in [1.29, 1.82) is 0 Å². The Morgan fingerprint density at radius 3 is 2.85 bits per heavy atom. The summed E-state index contributed by atoms with van der Waals surface area (Å²) in [6.07, 6.45) is 3.80. The van der Waals surface area contributed by atoms with Crippen LogP contribution in [0.3, 0.4) is 0 Å². The van der Waals surface area contributed by atoms with Crippen molar-refractivity contribution in [3.8, 4) is 0 Å². The average Bonchev–Trinajstić information content (AvgIpc) is 2.49. The van der Waals surface area contributed by atoms with Gasteiger partial charge in [-0.25, -0.2) is 0 Å². The van der Waals surface area contributed by atoms with E-state index in [2.05, 4.69) is 31.0 Å². The van der Waals surface area contributed by atoms with E-state index in [1.54, 1.807) is 0 Å². The van der Waals surface area contributed by atoms with Crippen molar-refractivity contribution in [1.82, 2.24) is 10.2 Å². The Morgan fingerprint density at radius 2 is 2.31 bits per heavy atom. The summed E-state index contributed by atoms with van der Waals surface area (Å²) in [5.41, 5.74) is 0. The Hall–Kier alpha value is -0.310. The van der Waals surface area contributed by atoms with Gasteiger partial charge in [-0.15, -0.1) is 0 Å². The predicted molar refractivity (Wildman–Crippen MR) is 60.9 cm³/mol. The molecule has 0 saturated carbocycles. The molecular weight excluding hydrogens is 180 g/mol. The molecule has 1 N–H and O–H groups in total. The molecule has 1 fully saturated rings. The van der Waals surface area contributed by atoms with Gasteiger partial charge in [0, 0.05) is 18.6 Å². The van der Waals surface area contributed by atoms with Gasteiger partial charge in [0.15, 0.2) is 5.11 Å². The van der Waals surface area contributed by atoms with Crippen molar-refractivity contribution in [3.05, 3.63) is 0 Å². The second-order valence-electron chi connectivity index (χ2n) is 4.00. The largest absolute Gasteiger partial charge is 0.360 e. The van der Waals surface area contributed by atoms with Crippen molar-refractivity contribution < 1.29 is 0 Å². The minimum Gasteiger partial charge on any atom is -0.360 e. The Bertz CT molecular complexity index is 180. The lowest BCUT2D eigenvalue weighted by Crippen LogP contribution is -2.44. The smallest absolute Gasteiger partial charge is 0.169 e. The molecule has 3 heteroatoms. The van der Waals surface area contributed by atoms with Gasteiger partial charge in [-0.1, -0.05) is 6.92 Å². The quantitative estimate of drug-likeness (QED) is 0.688. The van der Waals surface area contributed by atoms with E-state index in [0.717, 1.165) is 11.7 Å². The first-order chi connectivity index (χ1) is 6.15. The van der Waals surface area contributed by atoms with Crippen LogP contribution >= 0.6 is 12.2 Å². The topological polar surface area (TPSA) is 15.3 Å². The number of likely N-dealkylation sites (tertiary alicyclic amines) is 1. The van der Waals surface area contributed by atoms with Crippen LogP contribution in [0.4, 0.5) is 0 Å². The number of nitrogens with zero attached hydrogens (tertiary/aromatic N) is 1. The summed E-state index contributed by atoms with van der Waals surface area (Å²) in [6, 6.07) is 1.13. The van der Waals surface area contributed by atoms with E-state index < -0.39 is 0 Å². The molecule has 1 aliphatic rings. The fourth-order valence-electron chi connectivity index (χ4n) is 1.86.